The SMILES string of the molecule is CC[C@]1(CO)CCCN(C(=O)Nc2ccnn2Cc2ccc(Cl)cc2)C1. The lowest BCUT2D eigenvalue weighted by Crippen LogP contribution is -2.49. The molecule has 1 aromatic heterocycles. The summed E-state index contributed by atoms with van der Waals surface area (Å²) in [5, 5.41) is 17.7. The number of carbonyl (C=O) groups is 1. The highest BCUT2D eigenvalue weighted by Gasteiger charge is 2.35. The van der Waals surface area contributed by atoms with Crippen molar-refractivity contribution in [2.75, 3.05) is 25.0 Å². The summed E-state index contributed by atoms with van der Waals surface area (Å²) < 4.78 is 1.75. The van der Waals surface area contributed by atoms with Crippen LogP contribution in [0.5, 0.6) is 0 Å². The average Bonchev–Trinajstić information content (AvgIpc) is 3.10. The third-order valence-electron chi connectivity index (χ3n) is 5.23. The first kappa shape index (κ1) is 18.7. The summed E-state index contributed by atoms with van der Waals surface area (Å²) in [6, 6.07) is 9.20. The molecule has 3 rings (SSSR count). The van der Waals surface area contributed by atoms with Crippen LogP contribution in [0.25, 0.3) is 0 Å². The Labute approximate surface area is 158 Å². The summed E-state index contributed by atoms with van der Waals surface area (Å²) in [4.78, 5) is 14.5. The van der Waals surface area contributed by atoms with Gasteiger partial charge in [-0.15, -0.1) is 0 Å². The Hall–Kier alpha value is -2.05. The minimum absolute atomic E-state index is 0.113. The monoisotopic (exact) mass is 376 g/mol. The highest BCUT2D eigenvalue weighted by atomic mass is 35.5. The minimum Gasteiger partial charge on any atom is -0.396 e. The van der Waals surface area contributed by atoms with Gasteiger partial charge in [0.2, 0.25) is 0 Å². The highest BCUT2D eigenvalue weighted by molar-refractivity contribution is 6.30. The molecular weight excluding hydrogens is 352 g/mol. The van der Waals surface area contributed by atoms with Crippen molar-refractivity contribution in [3.63, 3.8) is 0 Å². The van der Waals surface area contributed by atoms with Crippen LogP contribution < -0.4 is 5.32 Å². The highest BCUT2D eigenvalue weighted by Crippen LogP contribution is 2.33. The van der Waals surface area contributed by atoms with Crippen LogP contribution in [-0.4, -0.2) is 45.5 Å². The van der Waals surface area contributed by atoms with Gasteiger partial charge in [-0.25, -0.2) is 9.48 Å². The van der Waals surface area contributed by atoms with Crippen molar-refractivity contribution in [1.82, 2.24) is 14.7 Å². The molecule has 7 heteroatoms. The number of halogens is 1. The molecule has 140 valence electrons. The van der Waals surface area contributed by atoms with Gasteiger partial charge in [0, 0.05) is 29.6 Å². The first-order chi connectivity index (χ1) is 12.5. The molecule has 1 aliphatic heterocycles. The van der Waals surface area contributed by atoms with E-state index in [0.717, 1.165) is 24.8 Å². The topological polar surface area (TPSA) is 70.4 Å². The molecule has 0 spiro atoms. The summed E-state index contributed by atoms with van der Waals surface area (Å²) in [5.74, 6) is 0.654. The smallest absolute Gasteiger partial charge is 0.323 e. The van der Waals surface area contributed by atoms with Crippen LogP contribution in [0, 0.1) is 5.41 Å². The van der Waals surface area contributed by atoms with Gasteiger partial charge in [-0.3, -0.25) is 5.32 Å². The lowest BCUT2D eigenvalue weighted by molar-refractivity contribution is 0.0468. The molecule has 2 amide bonds. The number of nitrogens with one attached hydrogen (secondary N) is 1. The normalized spacial score (nSPS) is 20.2. The largest absolute Gasteiger partial charge is 0.396 e. The number of amides is 2. The van der Waals surface area contributed by atoms with Gasteiger partial charge < -0.3 is 10.0 Å². The standard InChI is InChI=1S/C19H25ClN4O2/c1-2-19(14-25)9-3-11-23(13-19)18(26)22-17-8-10-21-24(17)12-15-4-6-16(20)7-5-15/h4-8,10,25H,2-3,9,11-14H2,1H3,(H,22,26)/t19-/m0/s1. The van der Waals surface area contributed by atoms with Gasteiger partial charge in [0.05, 0.1) is 19.3 Å². The molecule has 0 unspecified atom stereocenters. The van der Waals surface area contributed by atoms with Crippen LogP contribution in [0.15, 0.2) is 36.5 Å². The van der Waals surface area contributed by atoms with Gasteiger partial charge in [0.1, 0.15) is 5.82 Å². The van der Waals surface area contributed by atoms with Crippen LogP contribution in [0.2, 0.25) is 5.02 Å². The lowest BCUT2D eigenvalue weighted by atomic mass is 9.78. The van der Waals surface area contributed by atoms with Crippen LogP contribution in [-0.2, 0) is 6.54 Å². The number of piperidine rings is 1. The van der Waals surface area contributed by atoms with E-state index in [4.69, 9.17) is 11.6 Å². The van der Waals surface area contributed by atoms with Crippen molar-refractivity contribution in [2.45, 2.75) is 32.7 Å². The number of likely N-dealkylation sites (tertiary alicyclic amines) is 1. The molecule has 1 atom stereocenters. The molecule has 0 aliphatic carbocycles. The summed E-state index contributed by atoms with van der Waals surface area (Å²) in [7, 11) is 0. The van der Waals surface area contributed by atoms with E-state index in [9.17, 15) is 9.90 Å². The van der Waals surface area contributed by atoms with E-state index in [1.807, 2.05) is 24.3 Å². The number of urea groups is 1. The zero-order chi connectivity index (χ0) is 18.6. The Morgan fingerprint density at radius 3 is 2.81 bits per heavy atom. The van der Waals surface area contributed by atoms with E-state index in [2.05, 4.69) is 17.3 Å². The summed E-state index contributed by atoms with van der Waals surface area (Å²) >= 11 is 5.92. The molecule has 1 saturated heterocycles. The molecule has 26 heavy (non-hydrogen) atoms. The van der Waals surface area contributed by atoms with E-state index in [1.165, 1.54) is 0 Å². The molecule has 0 bridgehead atoms. The number of rotatable bonds is 5. The van der Waals surface area contributed by atoms with Crippen LogP contribution >= 0.6 is 11.6 Å². The molecule has 1 aromatic carbocycles. The molecular formula is C19H25ClN4O2. The van der Waals surface area contributed by atoms with Crippen molar-refractivity contribution in [3.8, 4) is 0 Å². The molecule has 2 aromatic rings. The number of hydrogen-bond donors (Lipinski definition) is 2. The second-order valence-corrected chi connectivity index (χ2v) is 7.40. The Kier molecular flexibility index (Phi) is 5.84. The van der Waals surface area contributed by atoms with E-state index in [1.54, 1.807) is 21.8 Å². The molecule has 6 nitrogen and oxygen atoms in total. The third-order valence-corrected chi connectivity index (χ3v) is 5.48. The predicted molar refractivity (Wildman–Crippen MR) is 102 cm³/mol. The fourth-order valence-corrected chi connectivity index (χ4v) is 3.55. The van der Waals surface area contributed by atoms with Crippen molar-refractivity contribution in [3.05, 3.63) is 47.1 Å². The number of aromatic nitrogens is 2. The van der Waals surface area contributed by atoms with Crippen LogP contribution in [0.1, 0.15) is 31.7 Å². The van der Waals surface area contributed by atoms with Crippen LogP contribution in [0.3, 0.4) is 0 Å². The predicted octanol–water partition coefficient (Wildman–Crippen LogP) is 3.60. The van der Waals surface area contributed by atoms with Crippen molar-refractivity contribution >= 4 is 23.4 Å². The summed E-state index contributed by atoms with van der Waals surface area (Å²) in [5.41, 5.74) is 0.871. The second kappa shape index (κ2) is 8.10. The number of nitrogens with zero attached hydrogens (tertiary/aromatic N) is 3. The average molecular weight is 377 g/mol. The van der Waals surface area contributed by atoms with Gasteiger partial charge in [0.15, 0.2) is 0 Å². The third kappa shape index (κ3) is 4.19. The van der Waals surface area contributed by atoms with Crippen molar-refractivity contribution in [1.29, 1.82) is 0 Å². The number of benzene rings is 1. The number of anilines is 1. The van der Waals surface area contributed by atoms with Gasteiger partial charge in [-0.1, -0.05) is 30.7 Å². The lowest BCUT2D eigenvalue weighted by Gasteiger charge is -2.41. The first-order valence-corrected chi connectivity index (χ1v) is 9.36. The molecule has 2 heterocycles. The Bertz CT molecular complexity index is 740. The Balaban J connectivity index is 1.67. The fourth-order valence-electron chi connectivity index (χ4n) is 3.43. The molecule has 1 fully saturated rings. The number of aliphatic hydroxyl groups excluding tert-OH is 1. The van der Waals surface area contributed by atoms with Crippen molar-refractivity contribution < 1.29 is 9.90 Å². The number of hydrogen-bond acceptors (Lipinski definition) is 3. The molecule has 0 radical (unpaired) electrons. The second-order valence-electron chi connectivity index (χ2n) is 6.97. The van der Waals surface area contributed by atoms with E-state index in [0.29, 0.717) is 30.5 Å². The Morgan fingerprint density at radius 2 is 2.12 bits per heavy atom. The van der Waals surface area contributed by atoms with E-state index < -0.39 is 0 Å². The van der Waals surface area contributed by atoms with Gasteiger partial charge in [0.25, 0.3) is 0 Å². The summed E-state index contributed by atoms with van der Waals surface area (Å²) in [6.07, 6.45) is 4.40. The van der Waals surface area contributed by atoms with Gasteiger partial charge in [-0.05, 0) is 37.0 Å². The van der Waals surface area contributed by atoms with Crippen molar-refractivity contribution in [2.24, 2.45) is 5.41 Å². The summed E-state index contributed by atoms with van der Waals surface area (Å²) in [6.45, 7) is 4.02. The maximum absolute atomic E-state index is 12.7. The molecule has 0 saturated carbocycles. The molecule has 1 aliphatic rings. The zero-order valence-electron chi connectivity index (χ0n) is 15.0. The maximum atomic E-state index is 12.7. The maximum Gasteiger partial charge on any atom is 0.323 e. The molecule has 2 N–H and O–H groups in total. The number of carbonyl (C=O) groups excluding carboxylic acids is 1. The first-order valence-electron chi connectivity index (χ1n) is 8.98. The van der Waals surface area contributed by atoms with E-state index >= 15 is 0 Å². The zero-order valence-corrected chi connectivity index (χ0v) is 15.7. The van der Waals surface area contributed by atoms with Crippen LogP contribution in [0.4, 0.5) is 10.6 Å². The number of aliphatic hydroxyl groups is 1. The van der Waals surface area contributed by atoms with Gasteiger partial charge in [-0.2, -0.15) is 5.10 Å². The van der Waals surface area contributed by atoms with E-state index in [-0.39, 0.29) is 18.1 Å². The fraction of sp³-hybridized carbons (Fsp3) is 0.474. The Morgan fingerprint density at radius 1 is 1.35 bits per heavy atom. The quantitative estimate of drug-likeness (QED) is 0.837. The minimum atomic E-state index is -0.181. The van der Waals surface area contributed by atoms with Gasteiger partial charge >= 0.3 is 6.03 Å².